The fraction of sp³-hybridized carbons (Fsp3) is 0.176. The van der Waals surface area contributed by atoms with Gasteiger partial charge in [-0.05, 0) is 41.8 Å². The summed E-state index contributed by atoms with van der Waals surface area (Å²) >= 11 is 0. The van der Waals surface area contributed by atoms with Crippen LogP contribution < -0.4 is 4.74 Å². The van der Waals surface area contributed by atoms with Crippen LogP contribution in [-0.2, 0) is 0 Å². The van der Waals surface area contributed by atoms with Crippen molar-refractivity contribution in [2.24, 2.45) is 0 Å². The maximum absolute atomic E-state index is 13.0. The van der Waals surface area contributed by atoms with Crippen molar-refractivity contribution in [3.63, 3.8) is 0 Å². The number of nitrogens with zero attached hydrogens (tertiary/aromatic N) is 2. The summed E-state index contributed by atoms with van der Waals surface area (Å²) in [5, 5.41) is 0.868. The van der Waals surface area contributed by atoms with Crippen LogP contribution in [0.3, 0.4) is 0 Å². The van der Waals surface area contributed by atoms with Crippen LogP contribution in [0, 0.1) is 5.82 Å². The minimum absolute atomic E-state index is 0.241. The van der Waals surface area contributed by atoms with Crippen LogP contribution in [0.4, 0.5) is 4.39 Å². The molecule has 3 nitrogen and oxygen atoms in total. The molecule has 0 aliphatic carbocycles. The molecular formula is C17H15FN2O. The Balaban J connectivity index is 2.07. The van der Waals surface area contributed by atoms with Crippen molar-refractivity contribution in [1.29, 1.82) is 0 Å². The lowest BCUT2D eigenvalue weighted by atomic mass is 10.0. The van der Waals surface area contributed by atoms with Gasteiger partial charge in [-0.3, -0.25) is 0 Å². The lowest BCUT2D eigenvalue weighted by Gasteiger charge is -2.08. The number of benzene rings is 2. The number of hydrogen-bond acceptors (Lipinski definition) is 3. The van der Waals surface area contributed by atoms with E-state index < -0.39 is 0 Å². The SMILES string of the molecule is CCCOc1ncnc2ccc(-c3ccc(F)cc3)cc12. The van der Waals surface area contributed by atoms with Gasteiger partial charge in [-0.2, -0.15) is 0 Å². The number of hydrogen-bond donors (Lipinski definition) is 0. The summed E-state index contributed by atoms with van der Waals surface area (Å²) in [7, 11) is 0. The zero-order valence-corrected chi connectivity index (χ0v) is 11.7. The Morgan fingerprint density at radius 3 is 2.52 bits per heavy atom. The highest BCUT2D eigenvalue weighted by Gasteiger charge is 2.07. The molecule has 0 spiro atoms. The second-order valence-corrected chi connectivity index (χ2v) is 4.77. The molecule has 0 fully saturated rings. The lowest BCUT2D eigenvalue weighted by molar-refractivity contribution is 0.309. The van der Waals surface area contributed by atoms with E-state index in [-0.39, 0.29) is 5.82 Å². The summed E-state index contributed by atoms with van der Waals surface area (Å²) in [5.41, 5.74) is 2.77. The van der Waals surface area contributed by atoms with Crippen molar-refractivity contribution in [1.82, 2.24) is 9.97 Å². The number of ether oxygens (including phenoxy) is 1. The molecule has 4 heteroatoms. The van der Waals surface area contributed by atoms with Crippen molar-refractivity contribution in [3.8, 4) is 17.0 Å². The molecule has 106 valence electrons. The summed E-state index contributed by atoms with van der Waals surface area (Å²) in [5.74, 6) is 0.348. The summed E-state index contributed by atoms with van der Waals surface area (Å²) in [6, 6.07) is 12.3. The Kier molecular flexibility index (Phi) is 3.77. The molecule has 1 aromatic heterocycles. The quantitative estimate of drug-likeness (QED) is 0.718. The van der Waals surface area contributed by atoms with Crippen molar-refractivity contribution in [3.05, 3.63) is 54.6 Å². The van der Waals surface area contributed by atoms with Gasteiger partial charge in [0.2, 0.25) is 5.88 Å². The Bertz CT molecular complexity index is 756. The Labute approximate surface area is 122 Å². The molecule has 21 heavy (non-hydrogen) atoms. The number of halogens is 1. The van der Waals surface area contributed by atoms with Gasteiger partial charge < -0.3 is 4.74 Å². The van der Waals surface area contributed by atoms with E-state index in [0.717, 1.165) is 28.5 Å². The molecular weight excluding hydrogens is 267 g/mol. The van der Waals surface area contributed by atoms with Crippen molar-refractivity contribution < 1.29 is 9.13 Å². The van der Waals surface area contributed by atoms with Gasteiger partial charge in [0.1, 0.15) is 12.1 Å². The standard InChI is InChI=1S/C17H15FN2O/c1-2-9-21-17-15-10-13(5-8-16(15)19-11-20-17)12-3-6-14(18)7-4-12/h3-8,10-11H,2,9H2,1H3. The van der Waals surface area contributed by atoms with Crippen LogP contribution in [0.5, 0.6) is 5.88 Å². The van der Waals surface area contributed by atoms with Crippen LogP contribution in [0.2, 0.25) is 0 Å². The predicted octanol–water partition coefficient (Wildman–Crippen LogP) is 4.22. The fourth-order valence-electron chi connectivity index (χ4n) is 2.17. The van der Waals surface area contributed by atoms with E-state index in [2.05, 4.69) is 9.97 Å². The van der Waals surface area contributed by atoms with E-state index in [4.69, 9.17) is 4.74 Å². The van der Waals surface area contributed by atoms with Gasteiger partial charge in [0, 0.05) is 0 Å². The van der Waals surface area contributed by atoms with Crippen LogP contribution in [-0.4, -0.2) is 16.6 Å². The molecule has 0 aliphatic heterocycles. The average molecular weight is 282 g/mol. The van der Waals surface area contributed by atoms with E-state index in [0.29, 0.717) is 12.5 Å². The maximum Gasteiger partial charge on any atom is 0.224 e. The molecule has 0 saturated carbocycles. The molecule has 0 N–H and O–H groups in total. The van der Waals surface area contributed by atoms with E-state index in [1.165, 1.54) is 18.5 Å². The third-order valence-electron chi connectivity index (χ3n) is 3.22. The smallest absolute Gasteiger partial charge is 0.224 e. The zero-order chi connectivity index (χ0) is 14.7. The van der Waals surface area contributed by atoms with Gasteiger partial charge in [-0.1, -0.05) is 25.1 Å². The third kappa shape index (κ3) is 2.84. The minimum atomic E-state index is -0.241. The fourth-order valence-corrected chi connectivity index (χ4v) is 2.17. The van der Waals surface area contributed by atoms with E-state index >= 15 is 0 Å². The van der Waals surface area contributed by atoms with Gasteiger partial charge in [0.25, 0.3) is 0 Å². The number of fused-ring (bicyclic) bond motifs is 1. The number of aromatic nitrogens is 2. The first-order valence-corrected chi connectivity index (χ1v) is 6.91. The minimum Gasteiger partial charge on any atom is -0.477 e. The molecule has 0 unspecified atom stereocenters. The molecule has 0 atom stereocenters. The van der Waals surface area contributed by atoms with Gasteiger partial charge in [-0.25, -0.2) is 14.4 Å². The van der Waals surface area contributed by atoms with E-state index in [1.54, 1.807) is 12.1 Å². The first kappa shape index (κ1) is 13.5. The maximum atomic E-state index is 13.0. The van der Waals surface area contributed by atoms with Gasteiger partial charge in [0.05, 0.1) is 17.5 Å². The van der Waals surface area contributed by atoms with Crippen LogP contribution >= 0.6 is 0 Å². The number of rotatable bonds is 4. The molecule has 0 radical (unpaired) electrons. The van der Waals surface area contributed by atoms with Crippen molar-refractivity contribution in [2.75, 3.05) is 6.61 Å². The van der Waals surface area contributed by atoms with Crippen molar-refractivity contribution >= 4 is 10.9 Å². The summed E-state index contributed by atoms with van der Waals surface area (Å²) in [6.45, 7) is 2.67. The van der Waals surface area contributed by atoms with Crippen LogP contribution in [0.25, 0.3) is 22.0 Å². The normalized spacial score (nSPS) is 10.8. The Hall–Kier alpha value is -2.49. The Morgan fingerprint density at radius 2 is 1.76 bits per heavy atom. The molecule has 3 aromatic rings. The highest BCUT2D eigenvalue weighted by molar-refractivity contribution is 5.88. The summed E-state index contributed by atoms with van der Waals surface area (Å²) in [4.78, 5) is 8.45. The average Bonchev–Trinajstić information content (AvgIpc) is 2.53. The lowest BCUT2D eigenvalue weighted by Crippen LogP contribution is -1.98. The molecule has 2 aromatic carbocycles. The predicted molar refractivity (Wildman–Crippen MR) is 80.7 cm³/mol. The van der Waals surface area contributed by atoms with E-state index in [9.17, 15) is 4.39 Å². The van der Waals surface area contributed by atoms with Crippen LogP contribution in [0.1, 0.15) is 13.3 Å². The molecule has 1 heterocycles. The van der Waals surface area contributed by atoms with Crippen LogP contribution in [0.15, 0.2) is 48.8 Å². The molecule has 0 aliphatic rings. The van der Waals surface area contributed by atoms with Gasteiger partial charge in [-0.15, -0.1) is 0 Å². The monoisotopic (exact) mass is 282 g/mol. The third-order valence-corrected chi connectivity index (χ3v) is 3.22. The second-order valence-electron chi connectivity index (χ2n) is 4.77. The molecule has 0 amide bonds. The van der Waals surface area contributed by atoms with E-state index in [1.807, 2.05) is 25.1 Å². The summed E-state index contributed by atoms with van der Waals surface area (Å²) in [6.07, 6.45) is 2.42. The van der Waals surface area contributed by atoms with Gasteiger partial charge in [0.15, 0.2) is 0 Å². The molecule has 0 bridgehead atoms. The Morgan fingerprint density at radius 1 is 1.00 bits per heavy atom. The topological polar surface area (TPSA) is 35.0 Å². The second kappa shape index (κ2) is 5.87. The first-order chi connectivity index (χ1) is 10.3. The zero-order valence-electron chi connectivity index (χ0n) is 11.7. The highest BCUT2D eigenvalue weighted by Crippen LogP contribution is 2.28. The first-order valence-electron chi connectivity index (χ1n) is 6.91. The largest absolute Gasteiger partial charge is 0.477 e. The van der Waals surface area contributed by atoms with Crippen molar-refractivity contribution in [2.45, 2.75) is 13.3 Å². The molecule has 3 rings (SSSR count). The molecule has 0 saturated heterocycles. The van der Waals surface area contributed by atoms with Gasteiger partial charge >= 0.3 is 0 Å². The summed E-state index contributed by atoms with van der Waals surface area (Å²) < 4.78 is 18.7. The highest BCUT2D eigenvalue weighted by atomic mass is 19.1.